The molecule has 16 heavy (non-hydrogen) atoms. The molecule has 0 aliphatic carbocycles. The van der Waals surface area contributed by atoms with Crippen molar-refractivity contribution in [1.29, 1.82) is 0 Å². The summed E-state index contributed by atoms with van der Waals surface area (Å²) >= 11 is 11.7. The van der Waals surface area contributed by atoms with Gasteiger partial charge >= 0.3 is 0 Å². The van der Waals surface area contributed by atoms with Crippen molar-refractivity contribution in [1.82, 2.24) is 5.32 Å². The molecule has 1 amide bonds. The van der Waals surface area contributed by atoms with Gasteiger partial charge in [0, 0.05) is 17.1 Å². The lowest BCUT2D eigenvalue weighted by atomic mass is 10.1. The molecule has 2 nitrogen and oxygen atoms in total. The summed E-state index contributed by atoms with van der Waals surface area (Å²) in [4.78, 5) is 11.5. The average molecular weight is 264 g/mol. The minimum atomic E-state index is -1.10. The van der Waals surface area contributed by atoms with Crippen LogP contribution in [-0.2, 0) is 4.79 Å². The first-order chi connectivity index (χ1) is 7.57. The number of hydrogen-bond acceptors (Lipinski definition) is 1. The summed E-state index contributed by atoms with van der Waals surface area (Å²) in [6.07, 6.45) is 0.792. The summed E-state index contributed by atoms with van der Waals surface area (Å²) in [7, 11) is 0. The van der Waals surface area contributed by atoms with E-state index in [4.69, 9.17) is 23.2 Å². The average Bonchev–Trinajstić information content (AvgIpc) is 2.25. The number of rotatable bonds is 4. The van der Waals surface area contributed by atoms with E-state index < -0.39 is 17.1 Å². The zero-order chi connectivity index (χ0) is 12.1. The predicted octanol–water partition coefficient (Wildman–Crippen LogP) is 3.29. The standard InChI is InChI=1S/C11H12Cl2FNO/c1-2-6-15-11(16)10(13)9-7(12)4-3-5-8(9)14/h3-5,10H,2,6H2,1H3,(H,15,16). The Morgan fingerprint density at radius 3 is 2.81 bits per heavy atom. The summed E-state index contributed by atoms with van der Waals surface area (Å²) in [6, 6.07) is 4.20. The Bertz CT molecular complexity index is 364. The largest absolute Gasteiger partial charge is 0.355 e. The molecule has 0 bridgehead atoms. The first-order valence-electron chi connectivity index (χ1n) is 4.93. The maximum Gasteiger partial charge on any atom is 0.242 e. The Kier molecular flexibility index (Phi) is 5.03. The molecule has 0 radical (unpaired) electrons. The number of hydrogen-bond donors (Lipinski definition) is 1. The van der Waals surface area contributed by atoms with Crippen molar-refractivity contribution < 1.29 is 9.18 Å². The molecule has 0 aliphatic heterocycles. The van der Waals surface area contributed by atoms with Gasteiger partial charge in [-0.25, -0.2) is 4.39 Å². The van der Waals surface area contributed by atoms with Crippen molar-refractivity contribution >= 4 is 29.1 Å². The molecule has 5 heteroatoms. The molecule has 1 aromatic rings. The van der Waals surface area contributed by atoms with Crippen LogP contribution in [0.25, 0.3) is 0 Å². The van der Waals surface area contributed by atoms with Crippen molar-refractivity contribution in [3.63, 3.8) is 0 Å². The molecular weight excluding hydrogens is 252 g/mol. The molecule has 0 spiro atoms. The predicted molar refractivity (Wildman–Crippen MR) is 63.3 cm³/mol. The highest BCUT2D eigenvalue weighted by Gasteiger charge is 2.23. The van der Waals surface area contributed by atoms with Gasteiger partial charge in [-0.1, -0.05) is 24.6 Å². The fraction of sp³-hybridized carbons (Fsp3) is 0.364. The fourth-order valence-corrected chi connectivity index (χ4v) is 1.85. The number of carbonyl (C=O) groups is 1. The van der Waals surface area contributed by atoms with Crippen molar-refractivity contribution in [2.75, 3.05) is 6.54 Å². The molecule has 1 atom stereocenters. The van der Waals surface area contributed by atoms with Crippen molar-refractivity contribution in [2.45, 2.75) is 18.7 Å². The van der Waals surface area contributed by atoms with E-state index in [1.807, 2.05) is 6.92 Å². The van der Waals surface area contributed by atoms with E-state index in [2.05, 4.69) is 5.32 Å². The van der Waals surface area contributed by atoms with Crippen LogP contribution in [0, 0.1) is 5.82 Å². The van der Waals surface area contributed by atoms with Gasteiger partial charge in [0.15, 0.2) is 0 Å². The third-order valence-corrected chi connectivity index (χ3v) is 2.78. The van der Waals surface area contributed by atoms with Gasteiger partial charge in [0.25, 0.3) is 0 Å². The second kappa shape index (κ2) is 6.06. The molecule has 1 N–H and O–H groups in total. The van der Waals surface area contributed by atoms with Crippen LogP contribution < -0.4 is 5.32 Å². The van der Waals surface area contributed by atoms with E-state index in [0.29, 0.717) is 6.54 Å². The van der Waals surface area contributed by atoms with Gasteiger partial charge in [0.05, 0.1) is 0 Å². The van der Waals surface area contributed by atoms with Crippen LogP contribution in [-0.4, -0.2) is 12.5 Å². The Morgan fingerprint density at radius 2 is 2.25 bits per heavy atom. The molecule has 1 aromatic carbocycles. The molecular formula is C11H12Cl2FNO. The van der Waals surface area contributed by atoms with E-state index in [9.17, 15) is 9.18 Å². The minimum Gasteiger partial charge on any atom is -0.355 e. The van der Waals surface area contributed by atoms with Gasteiger partial charge in [0.2, 0.25) is 5.91 Å². The molecule has 88 valence electrons. The third kappa shape index (κ3) is 3.09. The van der Waals surface area contributed by atoms with E-state index in [1.165, 1.54) is 18.2 Å². The lowest BCUT2D eigenvalue weighted by Crippen LogP contribution is -2.28. The second-order valence-corrected chi connectivity index (χ2v) is 4.13. The highest BCUT2D eigenvalue weighted by molar-refractivity contribution is 6.35. The molecule has 0 saturated carbocycles. The number of halogens is 3. The molecule has 0 heterocycles. The van der Waals surface area contributed by atoms with Crippen LogP contribution >= 0.6 is 23.2 Å². The van der Waals surface area contributed by atoms with Gasteiger partial charge < -0.3 is 5.32 Å². The van der Waals surface area contributed by atoms with Gasteiger partial charge in [-0.15, -0.1) is 11.6 Å². The molecule has 0 saturated heterocycles. The zero-order valence-corrected chi connectivity index (χ0v) is 10.3. The molecule has 0 aliphatic rings. The van der Waals surface area contributed by atoms with Gasteiger partial charge in [-0.05, 0) is 18.6 Å². The number of carbonyl (C=O) groups excluding carboxylic acids is 1. The normalized spacial score (nSPS) is 12.2. The van der Waals surface area contributed by atoms with Crippen LogP contribution in [0.1, 0.15) is 24.3 Å². The third-order valence-electron chi connectivity index (χ3n) is 2.03. The van der Waals surface area contributed by atoms with Crippen molar-refractivity contribution in [2.24, 2.45) is 0 Å². The second-order valence-electron chi connectivity index (χ2n) is 3.29. The number of nitrogens with one attached hydrogen (secondary N) is 1. The van der Waals surface area contributed by atoms with E-state index in [1.54, 1.807) is 0 Å². The number of amides is 1. The van der Waals surface area contributed by atoms with Gasteiger partial charge in [0.1, 0.15) is 11.2 Å². The SMILES string of the molecule is CCCNC(=O)C(Cl)c1c(F)cccc1Cl. The zero-order valence-electron chi connectivity index (χ0n) is 8.77. The van der Waals surface area contributed by atoms with Gasteiger partial charge in [-0.3, -0.25) is 4.79 Å². The highest BCUT2D eigenvalue weighted by Crippen LogP contribution is 2.30. The van der Waals surface area contributed by atoms with E-state index in [-0.39, 0.29) is 10.6 Å². The van der Waals surface area contributed by atoms with E-state index >= 15 is 0 Å². The summed E-state index contributed by atoms with van der Waals surface area (Å²) in [5, 5.41) is 1.65. The highest BCUT2D eigenvalue weighted by atomic mass is 35.5. The lowest BCUT2D eigenvalue weighted by molar-refractivity contribution is -0.120. The maximum atomic E-state index is 13.4. The van der Waals surface area contributed by atoms with Crippen LogP contribution in [0.15, 0.2) is 18.2 Å². The van der Waals surface area contributed by atoms with Crippen LogP contribution in [0.3, 0.4) is 0 Å². The lowest BCUT2D eigenvalue weighted by Gasteiger charge is -2.12. The summed E-state index contributed by atoms with van der Waals surface area (Å²) in [6.45, 7) is 2.42. The maximum absolute atomic E-state index is 13.4. The fourth-order valence-electron chi connectivity index (χ4n) is 1.22. The Balaban J connectivity index is 2.87. The monoisotopic (exact) mass is 263 g/mol. The molecule has 1 unspecified atom stereocenters. The summed E-state index contributed by atoms with van der Waals surface area (Å²) in [5.41, 5.74) is 0.0273. The Hall–Kier alpha value is -0.800. The van der Waals surface area contributed by atoms with Crippen LogP contribution in [0.4, 0.5) is 4.39 Å². The molecule has 1 rings (SSSR count). The van der Waals surface area contributed by atoms with Crippen LogP contribution in [0.2, 0.25) is 5.02 Å². The van der Waals surface area contributed by atoms with Gasteiger partial charge in [-0.2, -0.15) is 0 Å². The summed E-state index contributed by atoms with van der Waals surface area (Å²) < 4.78 is 13.4. The van der Waals surface area contributed by atoms with Crippen LogP contribution in [0.5, 0.6) is 0 Å². The minimum absolute atomic E-state index is 0.0273. The Morgan fingerprint density at radius 1 is 1.56 bits per heavy atom. The molecule has 0 fully saturated rings. The quantitative estimate of drug-likeness (QED) is 0.831. The van der Waals surface area contributed by atoms with E-state index in [0.717, 1.165) is 6.42 Å². The Labute approximate surface area is 104 Å². The van der Waals surface area contributed by atoms with Crippen molar-refractivity contribution in [3.05, 3.63) is 34.6 Å². The number of benzene rings is 1. The smallest absolute Gasteiger partial charge is 0.242 e. The number of alkyl halides is 1. The van der Waals surface area contributed by atoms with Crippen molar-refractivity contribution in [3.8, 4) is 0 Å². The first-order valence-corrected chi connectivity index (χ1v) is 5.75. The summed E-state index contributed by atoms with van der Waals surface area (Å²) in [5.74, 6) is -1.00. The first kappa shape index (κ1) is 13.3. The molecule has 0 aromatic heterocycles. The topological polar surface area (TPSA) is 29.1 Å².